The molecule has 0 radical (unpaired) electrons. The molecule has 1 heterocycles. The van der Waals surface area contributed by atoms with Crippen molar-refractivity contribution in [2.45, 2.75) is 41.0 Å². The number of benzene rings is 2. The van der Waals surface area contributed by atoms with Crippen molar-refractivity contribution in [3.63, 3.8) is 0 Å². The monoisotopic (exact) mass is 306 g/mol. The van der Waals surface area contributed by atoms with Crippen molar-refractivity contribution in [2.24, 2.45) is 5.41 Å². The van der Waals surface area contributed by atoms with Crippen LogP contribution in [0.3, 0.4) is 0 Å². The van der Waals surface area contributed by atoms with Crippen LogP contribution in [-0.4, -0.2) is 4.98 Å². The lowest BCUT2D eigenvalue weighted by Crippen LogP contribution is -2.10. The summed E-state index contributed by atoms with van der Waals surface area (Å²) in [4.78, 5) is 4.84. The Kier molecular flexibility index (Phi) is 3.10. The molecule has 2 aromatic carbocycles. The van der Waals surface area contributed by atoms with Crippen molar-refractivity contribution < 1.29 is 4.11 Å². The summed E-state index contributed by atoms with van der Waals surface area (Å²) in [5, 5.41) is 1.03. The third kappa shape index (κ3) is 3.61. The molecule has 1 heteroatoms. The fourth-order valence-electron chi connectivity index (χ4n) is 3.14. The van der Waals surface area contributed by atoms with Crippen LogP contribution in [0.5, 0.6) is 0 Å². The molecule has 0 aliphatic carbocycles. The largest absolute Gasteiger partial charge is 0.248 e. The van der Waals surface area contributed by atoms with Crippen LogP contribution >= 0.6 is 0 Å². The maximum absolute atomic E-state index is 7.88. The van der Waals surface area contributed by atoms with Crippen LogP contribution < -0.4 is 0 Å². The van der Waals surface area contributed by atoms with Gasteiger partial charge >= 0.3 is 0 Å². The third-order valence-corrected chi connectivity index (χ3v) is 3.95. The summed E-state index contributed by atoms with van der Waals surface area (Å²) in [7, 11) is 0. The molecule has 3 aromatic rings. The molecule has 0 unspecified atom stereocenters. The van der Waals surface area contributed by atoms with Gasteiger partial charge in [-0.25, -0.2) is 4.98 Å². The Morgan fingerprint density at radius 3 is 2.39 bits per heavy atom. The molecule has 0 atom stereocenters. The van der Waals surface area contributed by atoms with Gasteiger partial charge in [0.05, 0.1) is 11.2 Å². The predicted octanol–water partition coefficient (Wildman–Crippen LogP) is 6.11. The molecule has 118 valence electrons. The minimum absolute atomic E-state index is 0.477. The maximum atomic E-state index is 7.88. The van der Waals surface area contributed by atoms with Crippen molar-refractivity contribution in [1.82, 2.24) is 4.98 Å². The standard InChI is InChI=1S/C22H25N/c1-15-10-16(2)12-17(11-15)21-13-18(14-22(3,4)5)19-8-6-7-9-20(19)23-21/h6-13H,14H2,1-5H3/i3D3. The van der Waals surface area contributed by atoms with Crippen LogP contribution in [0, 0.1) is 19.3 Å². The Morgan fingerprint density at radius 2 is 1.70 bits per heavy atom. The van der Waals surface area contributed by atoms with E-state index in [1.165, 1.54) is 11.1 Å². The summed E-state index contributed by atoms with van der Waals surface area (Å²) in [5.41, 5.74) is 5.48. The van der Waals surface area contributed by atoms with Crippen molar-refractivity contribution in [3.05, 3.63) is 65.2 Å². The van der Waals surface area contributed by atoms with Gasteiger partial charge in [-0.15, -0.1) is 0 Å². The first-order valence-electron chi connectivity index (χ1n) is 9.54. The van der Waals surface area contributed by atoms with Crippen LogP contribution in [0.4, 0.5) is 0 Å². The Morgan fingerprint density at radius 1 is 1.00 bits per heavy atom. The van der Waals surface area contributed by atoms with Crippen LogP contribution in [0.25, 0.3) is 22.2 Å². The van der Waals surface area contributed by atoms with Gasteiger partial charge in [0.25, 0.3) is 0 Å². The molecule has 0 bridgehead atoms. The number of hydrogen-bond donors (Lipinski definition) is 0. The fourth-order valence-corrected chi connectivity index (χ4v) is 3.14. The first-order chi connectivity index (χ1) is 12.1. The minimum atomic E-state index is -2.02. The maximum Gasteiger partial charge on any atom is 0.0712 e. The van der Waals surface area contributed by atoms with Gasteiger partial charge in [0.15, 0.2) is 0 Å². The van der Waals surface area contributed by atoms with Crippen LogP contribution in [-0.2, 0) is 6.42 Å². The summed E-state index contributed by atoms with van der Waals surface area (Å²) < 4.78 is 23.7. The van der Waals surface area contributed by atoms with E-state index in [2.05, 4.69) is 38.1 Å². The average Bonchev–Trinajstić information content (AvgIpc) is 2.52. The van der Waals surface area contributed by atoms with Gasteiger partial charge in [0, 0.05) is 15.1 Å². The normalized spacial score (nSPS) is 14.3. The van der Waals surface area contributed by atoms with Crippen molar-refractivity contribution in [2.75, 3.05) is 0 Å². The number of nitrogens with zero attached hydrogens (tertiary/aromatic N) is 1. The highest BCUT2D eigenvalue weighted by Gasteiger charge is 2.15. The number of para-hydroxylation sites is 1. The second kappa shape index (κ2) is 5.81. The molecule has 0 saturated carbocycles. The Hall–Kier alpha value is -2.15. The minimum Gasteiger partial charge on any atom is -0.248 e. The van der Waals surface area contributed by atoms with E-state index in [9.17, 15) is 0 Å². The quantitative estimate of drug-likeness (QED) is 0.557. The van der Waals surface area contributed by atoms with Gasteiger partial charge in [-0.2, -0.15) is 0 Å². The summed E-state index contributed by atoms with van der Waals surface area (Å²) in [6.45, 7) is 5.77. The number of aryl methyl sites for hydroxylation is 2. The summed E-state index contributed by atoms with van der Waals surface area (Å²) in [6.07, 6.45) is 0.477. The molecule has 1 aromatic heterocycles. The number of hydrogen-bond acceptors (Lipinski definition) is 1. The van der Waals surface area contributed by atoms with Crippen LogP contribution in [0.2, 0.25) is 0 Å². The van der Waals surface area contributed by atoms with E-state index >= 15 is 0 Å². The van der Waals surface area contributed by atoms with Crippen LogP contribution in [0.15, 0.2) is 48.5 Å². The lowest BCUT2D eigenvalue weighted by Gasteiger charge is -2.20. The summed E-state index contributed by atoms with van der Waals surface area (Å²) in [6, 6.07) is 16.4. The van der Waals surface area contributed by atoms with Crippen molar-refractivity contribution in [3.8, 4) is 11.3 Å². The molecule has 0 aliphatic heterocycles. The topological polar surface area (TPSA) is 12.9 Å². The van der Waals surface area contributed by atoms with Crippen LogP contribution in [0.1, 0.15) is 41.5 Å². The van der Waals surface area contributed by atoms with E-state index in [0.29, 0.717) is 6.42 Å². The highest BCUT2D eigenvalue weighted by Crippen LogP contribution is 2.30. The molecule has 3 rings (SSSR count). The number of pyridine rings is 1. The first-order valence-corrected chi connectivity index (χ1v) is 8.04. The molecular formula is C22H25N. The van der Waals surface area contributed by atoms with E-state index in [4.69, 9.17) is 9.10 Å². The van der Waals surface area contributed by atoms with Gasteiger partial charge in [-0.05, 0) is 55.5 Å². The molecule has 0 amide bonds. The third-order valence-electron chi connectivity index (χ3n) is 3.95. The van der Waals surface area contributed by atoms with Gasteiger partial charge < -0.3 is 0 Å². The Labute approximate surface area is 143 Å². The second-order valence-electron chi connectivity index (χ2n) is 7.12. The number of aromatic nitrogens is 1. The van der Waals surface area contributed by atoms with E-state index in [-0.39, 0.29) is 0 Å². The number of fused-ring (bicyclic) bond motifs is 1. The van der Waals surface area contributed by atoms with E-state index < -0.39 is 12.3 Å². The van der Waals surface area contributed by atoms with E-state index in [0.717, 1.165) is 27.7 Å². The smallest absolute Gasteiger partial charge is 0.0712 e. The molecule has 0 N–H and O–H groups in total. The molecule has 1 nitrogen and oxygen atoms in total. The summed E-state index contributed by atoms with van der Waals surface area (Å²) in [5.74, 6) is 0. The zero-order valence-corrected chi connectivity index (χ0v) is 14.3. The lowest BCUT2D eigenvalue weighted by atomic mass is 9.86. The number of rotatable bonds is 2. The molecule has 23 heavy (non-hydrogen) atoms. The fraction of sp³-hybridized carbons (Fsp3) is 0.318. The second-order valence-corrected chi connectivity index (χ2v) is 7.12. The highest BCUT2D eigenvalue weighted by molar-refractivity contribution is 5.85. The Balaban J connectivity index is 2.19. The molecule has 0 aliphatic rings. The van der Waals surface area contributed by atoms with E-state index in [1.807, 2.05) is 38.1 Å². The van der Waals surface area contributed by atoms with E-state index in [1.54, 1.807) is 0 Å². The highest BCUT2D eigenvalue weighted by atomic mass is 14.7. The SMILES string of the molecule is [2H]C([2H])([2H])C(C)(C)Cc1cc(-c2cc(C)cc(C)c2)nc2ccccc12. The average molecular weight is 306 g/mol. The van der Waals surface area contributed by atoms with Crippen molar-refractivity contribution in [1.29, 1.82) is 0 Å². The molecule has 0 saturated heterocycles. The zero-order chi connectivity index (χ0) is 19.1. The lowest BCUT2D eigenvalue weighted by molar-refractivity contribution is 0.412. The predicted molar refractivity (Wildman–Crippen MR) is 99.8 cm³/mol. The first kappa shape index (κ1) is 12.3. The Bertz CT molecular complexity index is 935. The van der Waals surface area contributed by atoms with Gasteiger partial charge in [0.2, 0.25) is 0 Å². The zero-order valence-electron chi connectivity index (χ0n) is 17.3. The molecular weight excluding hydrogens is 278 g/mol. The molecule has 0 spiro atoms. The molecule has 0 fully saturated rings. The van der Waals surface area contributed by atoms with Gasteiger partial charge in [0.1, 0.15) is 0 Å². The summed E-state index contributed by atoms with van der Waals surface area (Å²) >= 11 is 0. The van der Waals surface area contributed by atoms with Crippen molar-refractivity contribution >= 4 is 10.9 Å². The van der Waals surface area contributed by atoms with Gasteiger partial charge in [-0.1, -0.05) is 56.1 Å². The van der Waals surface area contributed by atoms with Gasteiger partial charge in [-0.3, -0.25) is 0 Å².